The van der Waals surface area contributed by atoms with Gasteiger partial charge in [0.25, 0.3) is 5.89 Å². The smallest absolute Gasteiger partial charge is 0.384 e. The minimum Gasteiger partial charge on any atom is -0.459 e. The molecule has 3 rings (SSSR count). The van der Waals surface area contributed by atoms with Crippen molar-refractivity contribution in [2.75, 3.05) is 26.1 Å². The van der Waals surface area contributed by atoms with Gasteiger partial charge in [-0.05, 0) is 24.1 Å². The van der Waals surface area contributed by atoms with E-state index in [9.17, 15) is 4.57 Å². The zero-order chi connectivity index (χ0) is 17.7. The SMILES string of the molecule is COP(=O)(OC)c1nc(-c2ccco2)oc1NCCc1ccccc1. The summed E-state index contributed by atoms with van der Waals surface area (Å²) in [4.78, 5) is 4.26. The van der Waals surface area contributed by atoms with Gasteiger partial charge in [-0.15, -0.1) is 0 Å². The van der Waals surface area contributed by atoms with Crippen LogP contribution in [0.5, 0.6) is 0 Å². The first-order chi connectivity index (χ1) is 12.2. The molecule has 0 bridgehead atoms. The highest BCUT2D eigenvalue weighted by molar-refractivity contribution is 7.62. The molecule has 3 aromatic rings. The molecule has 2 heterocycles. The highest BCUT2D eigenvalue weighted by atomic mass is 31.2. The zero-order valence-electron chi connectivity index (χ0n) is 14.0. The largest absolute Gasteiger partial charge is 0.459 e. The zero-order valence-corrected chi connectivity index (χ0v) is 14.9. The fraction of sp³-hybridized carbons (Fsp3) is 0.235. The molecular weight excluding hydrogens is 343 g/mol. The summed E-state index contributed by atoms with van der Waals surface area (Å²) in [6, 6.07) is 13.4. The molecule has 0 aliphatic rings. The van der Waals surface area contributed by atoms with Gasteiger partial charge < -0.3 is 23.2 Å². The molecule has 0 spiro atoms. The average molecular weight is 362 g/mol. The van der Waals surface area contributed by atoms with Crippen molar-refractivity contribution in [3.8, 4) is 11.7 Å². The number of furan rings is 1. The van der Waals surface area contributed by atoms with Crippen LogP contribution in [0.2, 0.25) is 0 Å². The molecule has 0 saturated carbocycles. The second-order valence-corrected chi connectivity index (χ2v) is 7.32. The van der Waals surface area contributed by atoms with Crippen LogP contribution in [-0.4, -0.2) is 25.7 Å². The minimum absolute atomic E-state index is 0.0944. The lowest BCUT2D eigenvalue weighted by molar-refractivity contribution is 0.286. The van der Waals surface area contributed by atoms with Crippen molar-refractivity contribution in [2.24, 2.45) is 0 Å². The maximum atomic E-state index is 12.8. The molecule has 1 N–H and O–H groups in total. The number of oxazole rings is 1. The number of hydrogen-bond donors (Lipinski definition) is 1. The van der Waals surface area contributed by atoms with Crippen LogP contribution < -0.4 is 10.8 Å². The van der Waals surface area contributed by atoms with Crippen molar-refractivity contribution in [1.29, 1.82) is 0 Å². The molecular formula is C17H19N2O5P. The van der Waals surface area contributed by atoms with Crippen molar-refractivity contribution >= 4 is 18.9 Å². The minimum atomic E-state index is -3.57. The molecule has 0 atom stereocenters. The lowest BCUT2D eigenvalue weighted by Gasteiger charge is -2.12. The number of anilines is 1. The monoisotopic (exact) mass is 362 g/mol. The summed E-state index contributed by atoms with van der Waals surface area (Å²) in [6.45, 7) is 0.567. The topological polar surface area (TPSA) is 86.7 Å². The van der Waals surface area contributed by atoms with E-state index in [1.165, 1.54) is 26.0 Å². The van der Waals surface area contributed by atoms with E-state index in [0.29, 0.717) is 12.3 Å². The summed E-state index contributed by atoms with van der Waals surface area (Å²) in [7, 11) is -0.964. The van der Waals surface area contributed by atoms with Crippen molar-refractivity contribution < 1.29 is 22.4 Å². The first-order valence-electron chi connectivity index (χ1n) is 7.71. The second-order valence-electron chi connectivity index (χ2n) is 5.17. The van der Waals surface area contributed by atoms with Crippen LogP contribution in [0.1, 0.15) is 5.56 Å². The Morgan fingerprint density at radius 2 is 1.88 bits per heavy atom. The molecule has 0 aliphatic heterocycles. The Kier molecular flexibility index (Phi) is 5.38. The first kappa shape index (κ1) is 17.5. The molecule has 0 amide bonds. The molecule has 25 heavy (non-hydrogen) atoms. The summed E-state index contributed by atoms with van der Waals surface area (Å²) < 4.78 is 33.8. The molecule has 0 aliphatic carbocycles. The van der Waals surface area contributed by atoms with E-state index in [1.807, 2.05) is 30.3 Å². The van der Waals surface area contributed by atoms with Gasteiger partial charge in [0.05, 0.1) is 6.26 Å². The summed E-state index contributed by atoms with van der Waals surface area (Å²) in [5.41, 5.74) is 1.26. The van der Waals surface area contributed by atoms with Crippen molar-refractivity contribution in [3.05, 3.63) is 54.3 Å². The third-order valence-corrected chi connectivity index (χ3v) is 5.41. The van der Waals surface area contributed by atoms with Gasteiger partial charge in [-0.1, -0.05) is 30.3 Å². The molecule has 1 aromatic carbocycles. The Hall–Kier alpha value is -2.34. The van der Waals surface area contributed by atoms with E-state index in [4.69, 9.17) is 17.9 Å². The molecule has 0 fully saturated rings. The van der Waals surface area contributed by atoms with E-state index < -0.39 is 7.60 Å². The van der Waals surface area contributed by atoms with E-state index in [2.05, 4.69) is 10.3 Å². The lowest BCUT2D eigenvalue weighted by Crippen LogP contribution is -2.16. The predicted octanol–water partition coefficient (Wildman–Crippen LogP) is 3.70. The Morgan fingerprint density at radius 1 is 1.12 bits per heavy atom. The van der Waals surface area contributed by atoms with Gasteiger partial charge in [0.1, 0.15) is 0 Å². The first-order valence-corrected chi connectivity index (χ1v) is 9.25. The molecule has 8 heteroatoms. The van der Waals surface area contributed by atoms with E-state index >= 15 is 0 Å². The van der Waals surface area contributed by atoms with Gasteiger partial charge in [0.15, 0.2) is 5.76 Å². The number of benzene rings is 1. The maximum absolute atomic E-state index is 12.8. The fourth-order valence-electron chi connectivity index (χ4n) is 2.33. The quantitative estimate of drug-likeness (QED) is 0.611. The van der Waals surface area contributed by atoms with Gasteiger partial charge in [0.2, 0.25) is 11.3 Å². The molecule has 0 unspecified atom stereocenters. The predicted molar refractivity (Wildman–Crippen MR) is 94.1 cm³/mol. The molecule has 7 nitrogen and oxygen atoms in total. The molecule has 0 radical (unpaired) electrons. The van der Waals surface area contributed by atoms with Crippen LogP contribution in [0.3, 0.4) is 0 Å². The van der Waals surface area contributed by atoms with Crippen molar-refractivity contribution in [1.82, 2.24) is 4.98 Å². The third-order valence-electron chi connectivity index (χ3n) is 3.62. The summed E-state index contributed by atoms with van der Waals surface area (Å²) in [5.74, 6) is 0.877. The van der Waals surface area contributed by atoms with E-state index in [0.717, 1.165) is 6.42 Å². The Bertz CT molecular complexity index is 837. The Balaban J connectivity index is 1.84. The van der Waals surface area contributed by atoms with Crippen molar-refractivity contribution in [3.63, 3.8) is 0 Å². The van der Waals surface area contributed by atoms with Gasteiger partial charge in [-0.25, -0.2) is 0 Å². The maximum Gasteiger partial charge on any atom is 0.384 e. The number of rotatable bonds is 8. The van der Waals surface area contributed by atoms with Gasteiger partial charge in [-0.3, -0.25) is 4.57 Å². The highest BCUT2D eigenvalue weighted by Gasteiger charge is 2.34. The summed E-state index contributed by atoms with van der Waals surface area (Å²) in [5, 5.41) is 3.12. The fourth-order valence-corrected chi connectivity index (χ4v) is 3.41. The van der Waals surface area contributed by atoms with Gasteiger partial charge in [0, 0.05) is 20.8 Å². The standard InChI is InChI=1S/C17H19N2O5P/c1-21-25(20,22-2)17-16(18-11-10-13-7-4-3-5-8-13)24-15(19-17)14-9-6-12-23-14/h3-9,12,18H,10-11H2,1-2H3. The number of hydrogen-bond acceptors (Lipinski definition) is 7. The number of aromatic nitrogens is 1. The number of nitrogens with one attached hydrogen (secondary N) is 1. The van der Waals surface area contributed by atoms with Crippen molar-refractivity contribution in [2.45, 2.75) is 6.42 Å². The number of nitrogens with zero attached hydrogens (tertiary/aromatic N) is 1. The molecule has 132 valence electrons. The second kappa shape index (κ2) is 7.70. The van der Waals surface area contributed by atoms with Crippen LogP contribution in [-0.2, 0) is 20.0 Å². The highest BCUT2D eigenvalue weighted by Crippen LogP contribution is 2.47. The van der Waals surface area contributed by atoms with Crippen LogP contribution in [0.4, 0.5) is 5.88 Å². The molecule has 0 saturated heterocycles. The Morgan fingerprint density at radius 3 is 2.52 bits per heavy atom. The molecule has 2 aromatic heterocycles. The normalized spacial score (nSPS) is 11.6. The van der Waals surface area contributed by atoms with Gasteiger partial charge >= 0.3 is 7.60 Å². The van der Waals surface area contributed by atoms with Gasteiger partial charge in [-0.2, -0.15) is 4.98 Å². The summed E-state index contributed by atoms with van der Waals surface area (Å²) >= 11 is 0. The average Bonchev–Trinajstić information content (AvgIpc) is 3.32. The van der Waals surface area contributed by atoms with Crippen LogP contribution in [0.25, 0.3) is 11.7 Å². The Labute approximate surface area is 145 Å². The van der Waals surface area contributed by atoms with E-state index in [-0.39, 0.29) is 17.2 Å². The van der Waals surface area contributed by atoms with E-state index in [1.54, 1.807) is 12.1 Å². The van der Waals surface area contributed by atoms with Crippen LogP contribution in [0.15, 0.2) is 57.6 Å². The lowest BCUT2D eigenvalue weighted by atomic mass is 10.1. The summed E-state index contributed by atoms with van der Waals surface area (Å²) in [6.07, 6.45) is 2.27. The van der Waals surface area contributed by atoms with Crippen LogP contribution in [0, 0.1) is 0 Å². The third kappa shape index (κ3) is 3.85. The van der Waals surface area contributed by atoms with Crippen LogP contribution >= 0.6 is 7.60 Å².